The third-order valence-electron chi connectivity index (χ3n) is 3.82. The number of esters is 1. The van der Waals surface area contributed by atoms with E-state index in [9.17, 15) is 14.4 Å². The molecule has 0 spiro atoms. The highest BCUT2D eigenvalue weighted by Crippen LogP contribution is 2.27. The van der Waals surface area contributed by atoms with E-state index in [0.717, 1.165) is 0 Å². The second-order valence-corrected chi connectivity index (χ2v) is 6.94. The molecule has 0 aliphatic heterocycles. The number of carbonyl (C=O) groups excluding carboxylic acids is 3. The van der Waals surface area contributed by atoms with Gasteiger partial charge in [0.05, 0.1) is 25.3 Å². The highest BCUT2D eigenvalue weighted by atomic mass is 35.5. The maximum atomic E-state index is 12.2. The zero-order valence-corrected chi connectivity index (χ0v) is 17.3. The Morgan fingerprint density at radius 3 is 2.31 bits per heavy atom. The fourth-order valence-electron chi connectivity index (χ4n) is 2.53. The van der Waals surface area contributed by atoms with E-state index in [1.807, 2.05) is 0 Å². The second-order valence-electron chi connectivity index (χ2n) is 6.06. The van der Waals surface area contributed by atoms with Gasteiger partial charge in [0, 0.05) is 17.0 Å². The van der Waals surface area contributed by atoms with Crippen molar-refractivity contribution in [3.63, 3.8) is 0 Å². The Kier molecular flexibility index (Phi) is 8.30. The van der Waals surface area contributed by atoms with Gasteiger partial charge in [-0.15, -0.1) is 0 Å². The molecule has 0 radical (unpaired) electrons. The number of hydrogen-bond donors (Lipinski definition) is 2. The summed E-state index contributed by atoms with van der Waals surface area (Å²) in [6, 6.07) is 10.9. The molecule has 2 amide bonds. The quantitative estimate of drug-likeness (QED) is 0.612. The van der Waals surface area contributed by atoms with E-state index in [4.69, 9.17) is 32.7 Å². The monoisotopic (exact) mass is 438 g/mol. The highest BCUT2D eigenvalue weighted by molar-refractivity contribution is 6.31. The van der Waals surface area contributed by atoms with Gasteiger partial charge in [-0.05, 0) is 35.9 Å². The number of nitrogens with one attached hydrogen (secondary N) is 2. The van der Waals surface area contributed by atoms with Crippen LogP contribution in [0.4, 0.5) is 5.69 Å². The summed E-state index contributed by atoms with van der Waals surface area (Å²) in [6.45, 7) is 0.849. The Morgan fingerprint density at radius 1 is 1.03 bits per heavy atom. The van der Waals surface area contributed by atoms with Crippen LogP contribution in [0, 0.1) is 0 Å². The van der Waals surface area contributed by atoms with Gasteiger partial charge in [-0.25, -0.2) is 0 Å². The second kappa shape index (κ2) is 10.7. The molecule has 0 saturated heterocycles. The van der Waals surface area contributed by atoms with Crippen molar-refractivity contribution in [2.24, 2.45) is 0 Å². The number of anilines is 1. The summed E-state index contributed by atoms with van der Waals surface area (Å²) in [5.74, 6) is -1.08. The molecule has 0 aromatic heterocycles. The molecule has 2 aromatic carbocycles. The number of carbonyl (C=O) groups is 3. The van der Waals surface area contributed by atoms with Crippen LogP contribution in [0.2, 0.25) is 10.0 Å². The van der Waals surface area contributed by atoms with E-state index in [1.54, 1.807) is 36.4 Å². The van der Waals surface area contributed by atoms with Gasteiger partial charge < -0.3 is 20.1 Å². The van der Waals surface area contributed by atoms with Crippen LogP contribution in [-0.2, 0) is 19.1 Å². The molecule has 2 aromatic rings. The average molecular weight is 439 g/mol. The molecular weight excluding hydrogens is 419 g/mol. The van der Waals surface area contributed by atoms with Crippen molar-refractivity contribution in [1.82, 2.24) is 5.32 Å². The molecule has 2 N–H and O–H groups in total. The van der Waals surface area contributed by atoms with Crippen LogP contribution in [0.25, 0.3) is 0 Å². The van der Waals surface area contributed by atoms with E-state index in [2.05, 4.69) is 10.6 Å². The molecule has 0 heterocycles. The van der Waals surface area contributed by atoms with Crippen molar-refractivity contribution in [3.05, 3.63) is 58.1 Å². The number of halogens is 2. The molecule has 0 aliphatic rings. The van der Waals surface area contributed by atoms with E-state index in [-0.39, 0.29) is 12.3 Å². The van der Waals surface area contributed by atoms with Gasteiger partial charge in [0.25, 0.3) is 5.91 Å². The van der Waals surface area contributed by atoms with Crippen LogP contribution in [-0.4, -0.2) is 31.5 Å². The van der Waals surface area contributed by atoms with Crippen molar-refractivity contribution in [2.45, 2.75) is 19.4 Å². The summed E-state index contributed by atoms with van der Waals surface area (Å²) in [4.78, 5) is 35.7. The van der Waals surface area contributed by atoms with Crippen molar-refractivity contribution in [2.75, 3.05) is 19.0 Å². The molecule has 2 rings (SSSR count). The standard InChI is InChI=1S/C20H20Cl2N2O5/c1-12(25)23-16(13-3-5-14(21)6-4-13)10-20(27)29-11-19(26)24-17-9-15(22)7-8-18(17)28-2/h3-9,16H,10-11H2,1-2H3,(H,23,25)(H,24,26). The minimum absolute atomic E-state index is 0.144. The Hall–Kier alpha value is -2.77. The van der Waals surface area contributed by atoms with Crippen LogP contribution in [0.1, 0.15) is 24.9 Å². The van der Waals surface area contributed by atoms with E-state index >= 15 is 0 Å². The first-order valence-corrected chi connectivity index (χ1v) is 9.35. The number of benzene rings is 2. The normalized spacial score (nSPS) is 11.3. The molecule has 29 heavy (non-hydrogen) atoms. The molecule has 154 valence electrons. The Labute approximate surface area is 178 Å². The maximum absolute atomic E-state index is 12.2. The van der Waals surface area contributed by atoms with Crippen LogP contribution in [0.3, 0.4) is 0 Å². The van der Waals surface area contributed by atoms with Crippen molar-refractivity contribution < 1.29 is 23.9 Å². The van der Waals surface area contributed by atoms with Gasteiger partial charge in [0.1, 0.15) is 5.75 Å². The third kappa shape index (κ3) is 7.29. The van der Waals surface area contributed by atoms with Gasteiger partial charge in [-0.2, -0.15) is 0 Å². The first kappa shape index (κ1) is 22.5. The molecular formula is C20H20Cl2N2O5. The Morgan fingerprint density at radius 2 is 1.69 bits per heavy atom. The van der Waals surface area contributed by atoms with Crippen LogP contribution in [0.5, 0.6) is 5.75 Å². The zero-order chi connectivity index (χ0) is 21.4. The number of methoxy groups -OCH3 is 1. The fraction of sp³-hybridized carbons (Fsp3) is 0.250. The summed E-state index contributed by atoms with van der Waals surface area (Å²) in [5.41, 5.74) is 1.05. The van der Waals surface area contributed by atoms with Crippen LogP contribution >= 0.6 is 23.2 Å². The van der Waals surface area contributed by atoms with Gasteiger partial charge >= 0.3 is 5.97 Å². The fourth-order valence-corrected chi connectivity index (χ4v) is 2.83. The third-order valence-corrected chi connectivity index (χ3v) is 4.31. The smallest absolute Gasteiger partial charge is 0.308 e. The first-order valence-electron chi connectivity index (χ1n) is 8.60. The van der Waals surface area contributed by atoms with E-state index in [0.29, 0.717) is 27.0 Å². The number of amides is 2. The minimum atomic E-state index is -0.646. The summed E-state index contributed by atoms with van der Waals surface area (Å²) in [7, 11) is 1.46. The summed E-state index contributed by atoms with van der Waals surface area (Å²) in [5, 5.41) is 6.20. The Bertz CT molecular complexity index is 887. The van der Waals surface area contributed by atoms with Crippen molar-refractivity contribution >= 4 is 46.7 Å². The van der Waals surface area contributed by atoms with Gasteiger partial charge in [0.2, 0.25) is 5.91 Å². The number of ether oxygens (including phenoxy) is 2. The number of hydrogen-bond acceptors (Lipinski definition) is 5. The topological polar surface area (TPSA) is 93.7 Å². The summed E-state index contributed by atoms with van der Waals surface area (Å²) in [6.07, 6.45) is -0.144. The molecule has 9 heteroatoms. The van der Waals surface area contributed by atoms with Gasteiger partial charge in [0.15, 0.2) is 6.61 Å². The molecule has 7 nitrogen and oxygen atoms in total. The number of rotatable bonds is 8. The van der Waals surface area contributed by atoms with Crippen LogP contribution < -0.4 is 15.4 Å². The molecule has 1 atom stereocenters. The molecule has 0 bridgehead atoms. The lowest BCUT2D eigenvalue weighted by Crippen LogP contribution is -2.29. The highest BCUT2D eigenvalue weighted by Gasteiger charge is 2.19. The Balaban J connectivity index is 1.94. The molecule has 0 fully saturated rings. The molecule has 0 saturated carbocycles. The SMILES string of the molecule is COc1ccc(Cl)cc1NC(=O)COC(=O)CC(NC(C)=O)c1ccc(Cl)cc1. The van der Waals surface area contributed by atoms with E-state index < -0.39 is 24.5 Å². The first-order chi connectivity index (χ1) is 13.8. The largest absolute Gasteiger partial charge is 0.495 e. The molecule has 0 aliphatic carbocycles. The average Bonchev–Trinajstić information content (AvgIpc) is 2.66. The lowest BCUT2D eigenvalue weighted by molar-refractivity contribution is -0.148. The zero-order valence-electron chi connectivity index (χ0n) is 15.8. The van der Waals surface area contributed by atoms with Crippen molar-refractivity contribution in [3.8, 4) is 5.75 Å². The summed E-state index contributed by atoms with van der Waals surface area (Å²) >= 11 is 11.8. The maximum Gasteiger partial charge on any atom is 0.308 e. The lowest BCUT2D eigenvalue weighted by Gasteiger charge is -2.18. The van der Waals surface area contributed by atoms with Gasteiger partial charge in [-0.1, -0.05) is 35.3 Å². The van der Waals surface area contributed by atoms with E-state index in [1.165, 1.54) is 20.1 Å². The predicted octanol–water partition coefficient (Wildman–Crippen LogP) is 3.75. The van der Waals surface area contributed by atoms with Crippen molar-refractivity contribution in [1.29, 1.82) is 0 Å². The minimum Gasteiger partial charge on any atom is -0.495 e. The summed E-state index contributed by atoms with van der Waals surface area (Å²) < 4.78 is 10.2. The van der Waals surface area contributed by atoms with Crippen LogP contribution in [0.15, 0.2) is 42.5 Å². The van der Waals surface area contributed by atoms with Gasteiger partial charge in [-0.3, -0.25) is 14.4 Å². The predicted molar refractivity (Wildman–Crippen MR) is 110 cm³/mol. The molecule has 1 unspecified atom stereocenters. The lowest BCUT2D eigenvalue weighted by atomic mass is 10.0.